The van der Waals surface area contributed by atoms with Gasteiger partial charge in [-0.25, -0.2) is 4.39 Å². The number of hydrogen-bond acceptors (Lipinski definition) is 7. The minimum Gasteiger partial charge on any atom is -0.488 e. The first-order chi connectivity index (χ1) is 22.3. The van der Waals surface area contributed by atoms with E-state index in [1.165, 1.54) is 12.3 Å². The molecule has 1 heterocycles. The molecule has 0 amide bonds. The molecule has 0 spiro atoms. The number of aliphatic hydroxyl groups excluding tert-OH is 1. The highest BCUT2D eigenvalue weighted by Crippen LogP contribution is 2.43. The van der Waals surface area contributed by atoms with Gasteiger partial charge in [0.15, 0.2) is 5.78 Å². The SMILES string of the molecule is CC[C@H](C)CC(=O)C(CO)NCc1cc(Cl)c(O[C@H]2CCc3c(-c4ccccc4F)cccc32)cc1OCc1cncc(C#N)c1. The van der Waals surface area contributed by atoms with Crippen molar-refractivity contribution in [3.05, 3.63) is 112 Å². The molecule has 0 aliphatic heterocycles. The van der Waals surface area contributed by atoms with Gasteiger partial charge in [-0.3, -0.25) is 9.78 Å². The van der Waals surface area contributed by atoms with E-state index in [0.29, 0.717) is 51.6 Å². The summed E-state index contributed by atoms with van der Waals surface area (Å²) >= 11 is 6.79. The van der Waals surface area contributed by atoms with Crippen molar-refractivity contribution < 1.29 is 23.8 Å². The second kappa shape index (κ2) is 15.3. The monoisotopic (exact) mass is 641 g/mol. The second-order valence-corrected chi connectivity index (χ2v) is 12.1. The molecule has 5 rings (SSSR count). The number of Topliss-reactive ketones (excluding diaryl/α,β-unsaturated/α-hetero) is 1. The van der Waals surface area contributed by atoms with Gasteiger partial charge in [0.1, 0.15) is 36.1 Å². The van der Waals surface area contributed by atoms with Crippen LogP contribution >= 0.6 is 11.6 Å². The van der Waals surface area contributed by atoms with Crippen molar-refractivity contribution in [3.8, 4) is 28.7 Å². The summed E-state index contributed by atoms with van der Waals surface area (Å²) < 4.78 is 27.4. The molecule has 2 N–H and O–H groups in total. The molecule has 9 heteroatoms. The molecule has 1 aromatic heterocycles. The van der Waals surface area contributed by atoms with Crippen LogP contribution in [-0.2, 0) is 24.4 Å². The first kappa shape index (κ1) is 33.1. The topological polar surface area (TPSA) is 104 Å². The van der Waals surface area contributed by atoms with E-state index in [9.17, 15) is 19.6 Å². The molecule has 0 bridgehead atoms. The first-order valence-corrected chi connectivity index (χ1v) is 15.9. The van der Waals surface area contributed by atoms with E-state index in [1.807, 2.05) is 38.1 Å². The maximum Gasteiger partial charge on any atom is 0.152 e. The number of pyridine rings is 1. The van der Waals surface area contributed by atoms with Gasteiger partial charge in [-0.15, -0.1) is 0 Å². The number of nitrogens with one attached hydrogen (secondary N) is 1. The van der Waals surface area contributed by atoms with E-state index in [-0.39, 0.29) is 43.4 Å². The highest BCUT2D eigenvalue weighted by atomic mass is 35.5. The number of hydrogen-bond donors (Lipinski definition) is 2. The molecule has 1 aliphatic carbocycles. The number of nitrogens with zero attached hydrogens (tertiary/aromatic N) is 2. The van der Waals surface area contributed by atoms with Crippen LogP contribution in [-0.4, -0.2) is 28.5 Å². The molecule has 4 aromatic rings. The molecular weight excluding hydrogens is 605 g/mol. The van der Waals surface area contributed by atoms with Gasteiger partial charge in [-0.1, -0.05) is 68.3 Å². The van der Waals surface area contributed by atoms with Crippen LogP contribution in [0.4, 0.5) is 4.39 Å². The lowest BCUT2D eigenvalue weighted by Gasteiger charge is -2.21. The Balaban J connectivity index is 1.41. The van der Waals surface area contributed by atoms with Crippen LogP contribution < -0.4 is 14.8 Å². The molecular formula is C37H37ClFN3O4. The molecule has 1 aliphatic rings. The number of ketones is 1. The molecule has 238 valence electrons. The van der Waals surface area contributed by atoms with Crippen molar-refractivity contribution in [3.63, 3.8) is 0 Å². The Kier molecular flexibility index (Phi) is 11.0. The van der Waals surface area contributed by atoms with Crippen molar-refractivity contribution in [2.45, 2.75) is 64.8 Å². The minimum absolute atomic E-state index is 0.0561. The number of benzene rings is 3. The second-order valence-electron chi connectivity index (χ2n) is 11.7. The summed E-state index contributed by atoms with van der Waals surface area (Å²) in [5.74, 6) is 0.785. The largest absolute Gasteiger partial charge is 0.488 e. The third-order valence-corrected chi connectivity index (χ3v) is 8.73. The predicted octanol–water partition coefficient (Wildman–Crippen LogP) is 7.51. The Bertz CT molecular complexity index is 1740. The summed E-state index contributed by atoms with van der Waals surface area (Å²) in [6.07, 6.45) is 5.47. The normalized spacial score (nSPS) is 15.1. The van der Waals surface area contributed by atoms with Gasteiger partial charge in [-0.2, -0.15) is 5.26 Å². The Morgan fingerprint density at radius 2 is 1.96 bits per heavy atom. The fraction of sp³-hybridized carbons (Fsp3) is 0.324. The molecule has 7 nitrogen and oxygen atoms in total. The van der Waals surface area contributed by atoms with Crippen LogP contribution in [0, 0.1) is 23.1 Å². The molecule has 0 saturated heterocycles. The first-order valence-electron chi connectivity index (χ1n) is 15.5. The van der Waals surface area contributed by atoms with Gasteiger partial charge in [-0.05, 0) is 53.6 Å². The van der Waals surface area contributed by atoms with Gasteiger partial charge in [0, 0.05) is 48.1 Å². The van der Waals surface area contributed by atoms with Crippen molar-refractivity contribution >= 4 is 17.4 Å². The highest BCUT2D eigenvalue weighted by molar-refractivity contribution is 6.32. The highest BCUT2D eigenvalue weighted by Gasteiger charge is 2.28. The zero-order valence-electron chi connectivity index (χ0n) is 25.9. The number of aliphatic hydroxyl groups is 1. The van der Waals surface area contributed by atoms with Gasteiger partial charge >= 0.3 is 0 Å². The number of nitriles is 1. The summed E-state index contributed by atoms with van der Waals surface area (Å²) in [6.45, 7) is 4.05. The zero-order chi connectivity index (χ0) is 32.6. The third kappa shape index (κ3) is 7.73. The number of halogens is 2. The fourth-order valence-electron chi connectivity index (χ4n) is 5.69. The minimum atomic E-state index is -0.730. The molecule has 0 fully saturated rings. The van der Waals surface area contributed by atoms with Crippen molar-refractivity contribution in [2.24, 2.45) is 5.92 Å². The quantitative estimate of drug-likeness (QED) is 0.147. The number of aromatic nitrogens is 1. The maximum absolute atomic E-state index is 14.7. The molecule has 1 unspecified atom stereocenters. The van der Waals surface area contributed by atoms with Gasteiger partial charge < -0.3 is 19.9 Å². The Labute approximate surface area is 274 Å². The third-order valence-electron chi connectivity index (χ3n) is 8.44. The van der Waals surface area contributed by atoms with Crippen LogP contribution in [0.15, 0.2) is 73.1 Å². The Morgan fingerprint density at radius 1 is 1.15 bits per heavy atom. The zero-order valence-corrected chi connectivity index (χ0v) is 26.7. The summed E-state index contributed by atoms with van der Waals surface area (Å²) in [5, 5.41) is 22.8. The summed E-state index contributed by atoms with van der Waals surface area (Å²) in [4.78, 5) is 16.9. The molecule has 0 radical (unpaired) electrons. The van der Waals surface area contributed by atoms with E-state index in [4.69, 9.17) is 21.1 Å². The van der Waals surface area contributed by atoms with E-state index in [2.05, 4.69) is 16.4 Å². The lowest BCUT2D eigenvalue weighted by atomic mass is 9.96. The van der Waals surface area contributed by atoms with Crippen LogP contribution in [0.1, 0.15) is 67.0 Å². The van der Waals surface area contributed by atoms with Crippen molar-refractivity contribution in [2.75, 3.05) is 6.61 Å². The number of rotatable bonds is 14. The van der Waals surface area contributed by atoms with E-state index in [0.717, 1.165) is 29.5 Å². The number of carbonyl (C=O) groups is 1. The Hall–Kier alpha value is -4.29. The van der Waals surface area contributed by atoms with E-state index < -0.39 is 6.04 Å². The number of carbonyl (C=O) groups excluding carboxylic acids is 1. The smallest absolute Gasteiger partial charge is 0.152 e. The van der Waals surface area contributed by atoms with Crippen molar-refractivity contribution in [1.29, 1.82) is 5.26 Å². The van der Waals surface area contributed by atoms with E-state index >= 15 is 0 Å². The molecule has 0 saturated carbocycles. The van der Waals surface area contributed by atoms with Crippen LogP contribution in [0.5, 0.6) is 11.5 Å². The summed E-state index contributed by atoms with van der Waals surface area (Å²) in [6, 6.07) is 19.1. The van der Waals surface area contributed by atoms with Crippen LogP contribution in [0.3, 0.4) is 0 Å². The summed E-state index contributed by atoms with van der Waals surface area (Å²) in [7, 11) is 0. The van der Waals surface area contributed by atoms with Crippen LogP contribution in [0.2, 0.25) is 5.02 Å². The lowest BCUT2D eigenvalue weighted by Crippen LogP contribution is -2.40. The number of ether oxygens (including phenoxy) is 2. The Morgan fingerprint density at radius 3 is 2.72 bits per heavy atom. The number of fused-ring (bicyclic) bond motifs is 1. The summed E-state index contributed by atoms with van der Waals surface area (Å²) in [5.41, 5.74) is 5.24. The molecule has 46 heavy (non-hydrogen) atoms. The van der Waals surface area contributed by atoms with Gasteiger partial charge in [0.05, 0.1) is 23.2 Å². The standard InChI is InChI=1S/C37H37ClFN3O4/c1-3-23(2)13-34(44)33(21-43)42-20-26-15-31(38)37(16-36(26)45-22-25-14-24(17-40)18-41-19-25)46-35-12-11-28-27(8-6-9-30(28)35)29-7-4-5-10-32(29)39/h4-10,14-16,18-19,23,33,35,42-43H,3,11-13,20-22H2,1-2H3/t23-,33?,35-/m0/s1. The van der Waals surface area contributed by atoms with Gasteiger partial charge in [0.25, 0.3) is 0 Å². The van der Waals surface area contributed by atoms with E-state index in [1.54, 1.807) is 36.5 Å². The fourth-order valence-corrected chi connectivity index (χ4v) is 5.93. The van der Waals surface area contributed by atoms with Crippen molar-refractivity contribution in [1.82, 2.24) is 10.3 Å². The maximum atomic E-state index is 14.7. The molecule has 3 atom stereocenters. The molecule has 3 aromatic carbocycles. The average Bonchev–Trinajstić information content (AvgIpc) is 3.48. The average molecular weight is 642 g/mol. The lowest BCUT2D eigenvalue weighted by molar-refractivity contribution is -0.122. The van der Waals surface area contributed by atoms with Gasteiger partial charge in [0.2, 0.25) is 0 Å². The van der Waals surface area contributed by atoms with Crippen LogP contribution in [0.25, 0.3) is 11.1 Å². The predicted molar refractivity (Wildman–Crippen MR) is 175 cm³/mol.